The molecular formula is C11H16N2O4. The lowest BCUT2D eigenvalue weighted by Gasteiger charge is -2.18. The third-order valence-corrected chi connectivity index (χ3v) is 2.57. The first-order valence-electron chi connectivity index (χ1n) is 5.37. The maximum Gasteiger partial charge on any atom is 0.323 e. The van der Waals surface area contributed by atoms with Gasteiger partial charge in [-0.3, -0.25) is 9.59 Å². The van der Waals surface area contributed by atoms with Crippen molar-refractivity contribution in [1.29, 1.82) is 0 Å². The predicted molar refractivity (Wildman–Crippen MR) is 59.6 cm³/mol. The second-order valence-electron chi connectivity index (χ2n) is 3.78. The maximum atomic E-state index is 11.9. The van der Waals surface area contributed by atoms with E-state index >= 15 is 0 Å². The maximum absolute atomic E-state index is 11.9. The van der Waals surface area contributed by atoms with Crippen molar-refractivity contribution in [1.82, 2.24) is 10.1 Å². The number of nitrogens with zero attached hydrogens (tertiary/aromatic N) is 2. The number of likely N-dealkylation sites (N-methyl/N-ethyl adjacent to an activating group) is 1. The van der Waals surface area contributed by atoms with Gasteiger partial charge in [0.25, 0.3) is 0 Å². The van der Waals surface area contributed by atoms with Crippen LogP contribution in [0.25, 0.3) is 0 Å². The molecule has 0 unspecified atom stereocenters. The summed E-state index contributed by atoms with van der Waals surface area (Å²) in [6, 6.07) is 0. The van der Waals surface area contributed by atoms with Gasteiger partial charge in [0.05, 0.1) is 12.1 Å². The largest absolute Gasteiger partial charge is 0.480 e. The highest BCUT2D eigenvalue weighted by atomic mass is 16.5. The molecule has 0 aliphatic heterocycles. The van der Waals surface area contributed by atoms with Crippen molar-refractivity contribution < 1.29 is 19.2 Å². The van der Waals surface area contributed by atoms with Gasteiger partial charge in [0, 0.05) is 12.1 Å². The van der Waals surface area contributed by atoms with Crippen LogP contribution in [0.3, 0.4) is 0 Å². The molecule has 0 saturated carbocycles. The first-order valence-corrected chi connectivity index (χ1v) is 5.37. The second kappa shape index (κ2) is 5.47. The zero-order chi connectivity index (χ0) is 13.0. The monoisotopic (exact) mass is 240 g/mol. The molecule has 1 aromatic rings. The van der Waals surface area contributed by atoms with Crippen LogP contribution in [0.15, 0.2) is 4.52 Å². The average molecular weight is 240 g/mol. The summed E-state index contributed by atoms with van der Waals surface area (Å²) in [6.45, 7) is 5.32. The van der Waals surface area contributed by atoms with Gasteiger partial charge in [-0.15, -0.1) is 0 Å². The van der Waals surface area contributed by atoms with E-state index in [1.165, 1.54) is 4.90 Å². The van der Waals surface area contributed by atoms with E-state index in [0.29, 0.717) is 18.0 Å². The molecular weight excluding hydrogens is 224 g/mol. The van der Waals surface area contributed by atoms with Crippen LogP contribution in [-0.2, 0) is 16.0 Å². The van der Waals surface area contributed by atoms with E-state index in [0.717, 1.165) is 5.56 Å². The van der Waals surface area contributed by atoms with E-state index in [4.69, 9.17) is 9.63 Å². The van der Waals surface area contributed by atoms with Crippen LogP contribution in [0.2, 0.25) is 0 Å². The highest BCUT2D eigenvalue weighted by Crippen LogP contribution is 2.13. The van der Waals surface area contributed by atoms with E-state index in [-0.39, 0.29) is 18.9 Å². The Hall–Kier alpha value is -1.85. The van der Waals surface area contributed by atoms with Gasteiger partial charge in [-0.1, -0.05) is 5.16 Å². The van der Waals surface area contributed by atoms with Crippen LogP contribution in [0.1, 0.15) is 23.9 Å². The Kier molecular flexibility index (Phi) is 4.25. The van der Waals surface area contributed by atoms with Crippen LogP contribution >= 0.6 is 0 Å². The first-order chi connectivity index (χ1) is 7.95. The smallest absolute Gasteiger partial charge is 0.323 e. The van der Waals surface area contributed by atoms with Crippen molar-refractivity contribution in [2.24, 2.45) is 0 Å². The van der Waals surface area contributed by atoms with Crippen molar-refractivity contribution in [3.05, 3.63) is 17.0 Å². The summed E-state index contributed by atoms with van der Waals surface area (Å²) in [4.78, 5) is 23.7. The minimum absolute atomic E-state index is 0.127. The molecule has 6 heteroatoms. The fourth-order valence-electron chi connectivity index (χ4n) is 1.56. The summed E-state index contributed by atoms with van der Waals surface area (Å²) in [7, 11) is 0. The third-order valence-electron chi connectivity index (χ3n) is 2.57. The highest BCUT2D eigenvalue weighted by Gasteiger charge is 2.19. The summed E-state index contributed by atoms with van der Waals surface area (Å²) in [6.07, 6.45) is 0.127. The van der Waals surface area contributed by atoms with Crippen molar-refractivity contribution in [3.8, 4) is 0 Å². The predicted octanol–water partition coefficient (Wildman–Crippen LogP) is 0.767. The average Bonchev–Trinajstić information content (AvgIpc) is 2.57. The van der Waals surface area contributed by atoms with Gasteiger partial charge >= 0.3 is 5.97 Å². The van der Waals surface area contributed by atoms with Crippen LogP contribution in [0.4, 0.5) is 0 Å². The lowest BCUT2D eigenvalue weighted by atomic mass is 10.1. The number of hydrogen-bond donors (Lipinski definition) is 1. The molecule has 0 fully saturated rings. The number of aromatic nitrogens is 1. The van der Waals surface area contributed by atoms with Crippen molar-refractivity contribution in [2.45, 2.75) is 27.2 Å². The molecule has 6 nitrogen and oxygen atoms in total. The number of aryl methyl sites for hydroxylation is 2. The quantitative estimate of drug-likeness (QED) is 0.821. The van der Waals surface area contributed by atoms with Gasteiger partial charge in [-0.05, 0) is 20.8 Å². The Balaban J connectivity index is 2.74. The molecule has 0 aromatic carbocycles. The Morgan fingerprint density at radius 2 is 2.06 bits per heavy atom. The standard InChI is InChI=1S/C11H16N2O4/c1-4-13(6-11(15)16)10(14)5-9-7(2)12-17-8(9)3/h4-6H2,1-3H3,(H,15,16). The zero-order valence-corrected chi connectivity index (χ0v) is 10.2. The molecule has 0 bridgehead atoms. The molecule has 1 rings (SSSR count). The van der Waals surface area contributed by atoms with Gasteiger partial charge in [0.1, 0.15) is 12.3 Å². The molecule has 17 heavy (non-hydrogen) atoms. The fraction of sp³-hybridized carbons (Fsp3) is 0.545. The van der Waals surface area contributed by atoms with Gasteiger partial charge in [0.2, 0.25) is 5.91 Å². The molecule has 0 atom stereocenters. The normalized spacial score (nSPS) is 10.3. The Morgan fingerprint density at radius 1 is 1.41 bits per heavy atom. The lowest BCUT2D eigenvalue weighted by molar-refractivity contribution is -0.144. The Morgan fingerprint density at radius 3 is 2.47 bits per heavy atom. The summed E-state index contributed by atoms with van der Waals surface area (Å²) < 4.78 is 4.95. The van der Waals surface area contributed by atoms with Crippen LogP contribution < -0.4 is 0 Å². The Labute approximate surface area is 99.2 Å². The molecule has 1 amide bonds. The Bertz CT molecular complexity index is 406. The van der Waals surface area contributed by atoms with E-state index < -0.39 is 5.97 Å². The van der Waals surface area contributed by atoms with Gasteiger partial charge in [-0.2, -0.15) is 0 Å². The van der Waals surface area contributed by atoms with Crippen LogP contribution in [0, 0.1) is 13.8 Å². The van der Waals surface area contributed by atoms with Crippen molar-refractivity contribution >= 4 is 11.9 Å². The first kappa shape index (κ1) is 13.2. The number of aliphatic carboxylic acids is 1. The van der Waals surface area contributed by atoms with E-state index in [9.17, 15) is 9.59 Å². The number of carboxylic acids is 1. The summed E-state index contributed by atoms with van der Waals surface area (Å²) >= 11 is 0. The molecule has 0 radical (unpaired) electrons. The molecule has 0 spiro atoms. The van der Waals surface area contributed by atoms with Gasteiger partial charge < -0.3 is 14.5 Å². The topological polar surface area (TPSA) is 83.6 Å². The second-order valence-corrected chi connectivity index (χ2v) is 3.78. The lowest BCUT2D eigenvalue weighted by Crippen LogP contribution is -2.36. The zero-order valence-electron chi connectivity index (χ0n) is 10.2. The van der Waals surface area contributed by atoms with Crippen molar-refractivity contribution in [2.75, 3.05) is 13.1 Å². The molecule has 0 saturated heterocycles. The number of carbonyl (C=O) groups excluding carboxylic acids is 1. The van der Waals surface area contributed by atoms with Gasteiger partial charge in [-0.25, -0.2) is 0 Å². The van der Waals surface area contributed by atoms with E-state index in [1.54, 1.807) is 20.8 Å². The van der Waals surface area contributed by atoms with Crippen LogP contribution in [0.5, 0.6) is 0 Å². The number of rotatable bonds is 5. The summed E-state index contributed by atoms with van der Waals surface area (Å²) in [5.74, 6) is -0.648. The molecule has 1 N–H and O–H groups in total. The summed E-state index contributed by atoms with van der Waals surface area (Å²) in [5, 5.41) is 12.4. The van der Waals surface area contributed by atoms with E-state index in [1.807, 2.05) is 0 Å². The molecule has 0 aliphatic rings. The minimum Gasteiger partial charge on any atom is -0.480 e. The van der Waals surface area contributed by atoms with Gasteiger partial charge in [0.15, 0.2) is 0 Å². The van der Waals surface area contributed by atoms with Crippen molar-refractivity contribution in [3.63, 3.8) is 0 Å². The highest BCUT2D eigenvalue weighted by molar-refractivity contribution is 5.83. The number of hydrogen-bond acceptors (Lipinski definition) is 4. The number of amides is 1. The molecule has 94 valence electrons. The van der Waals surface area contributed by atoms with E-state index in [2.05, 4.69) is 5.16 Å². The minimum atomic E-state index is -1.01. The summed E-state index contributed by atoms with van der Waals surface area (Å²) in [5.41, 5.74) is 1.40. The van der Waals surface area contributed by atoms with Crippen LogP contribution in [-0.4, -0.2) is 40.1 Å². The number of carbonyl (C=O) groups is 2. The fourth-order valence-corrected chi connectivity index (χ4v) is 1.56. The molecule has 0 aliphatic carbocycles. The third kappa shape index (κ3) is 3.30. The molecule has 1 heterocycles. The molecule has 1 aromatic heterocycles. The number of carboxylic acid groups (broad SMARTS) is 1. The SMILES string of the molecule is CCN(CC(=O)O)C(=O)Cc1c(C)noc1C.